The number of hydrogen-bond acceptors (Lipinski definition) is 2. The molecule has 2 atom stereocenters. The van der Waals surface area contributed by atoms with Crippen molar-refractivity contribution in [2.75, 3.05) is 0 Å². The van der Waals surface area contributed by atoms with E-state index >= 15 is 0 Å². The average molecular weight is 278 g/mol. The Kier molecular flexibility index (Phi) is 4.28. The number of rotatable bonds is 3. The van der Waals surface area contributed by atoms with Crippen molar-refractivity contribution in [3.05, 3.63) is 22.4 Å². The SMILES string of the molecule is OC1(Cc2cccs2)CCCCC1C1CCCCC1. The molecule has 0 aliphatic heterocycles. The second kappa shape index (κ2) is 5.97. The van der Waals surface area contributed by atoms with E-state index < -0.39 is 5.60 Å². The molecule has 1 aromatic rings. The zero-order valence-electron chi connectivity index (χ0n) is 11.8. The predicted octanol–water partition coefficient (Wildman–Crippen LogP) is 4.79. The summed E-state index contributed by atoms with van der Waals surface area (Å²) in [6, 6.07) is 4.30. The highest BCUT2D eigenvalue weighted by Gasteiger charge is 2.43. The van der Waals surface area contributed by atoms with Gasteiger partial charge < -0.3 is 5.11 Å². The molecule has 2 saturated carbocycles. The van der Waals surface area contributed by atoms with Crippen LogP contribution in [0.25, 0.3) is 0 Å². The maximum absolute atomic E-state index is 11.3. The van der Waals surface area contributed by atoms with E-state index in [9.17, 15) is 5.11 Å². The first kappa shape index (κ1) is 13.6. The Bertz CT molecular complexity index is 380. The van der Waals surface area contributed by atoms with Crippen LogP contribution in [0.5, 0.6) is 0 Å². The van der Waals surface area contributed by atoms with Crippen molar-refractivity contribution in [2.45, 2.75) is 69.8 Å². The molecule has 0 amide bonds. The lowest BCUT2D eigenvalue weighted by atomic mass is 9.64. The van der Waals surface area contributed by atoms with Crippen molar-refractivity contribution in [1.29, 1.82) is 0 Å². The summed E-state index contributed by atoms with van der Waals surface area (Å²) in [5, 5.41) is 13.4. The van der Waals surface area contributed by atoms with Crippen LogP contribution in [-0.4, -0.2) is 10.7 Å². The molecule has 106 valence electrons. The van der Waals surface area contributed by atoms with Crippen LogP contribution in [0.3, 0.4) is 0 Å². The third-order valence-corrected chi connectivity index (χ3v) is 6.22. The minimum Gasteiger partial charge on any atom is -0.389 e. The zero-order valence-corrected chi connectivity index (χ0v) is 12.6. The van der Waals surface area contributed by atoms with Gasteiger partial charge in [-0.05, 0) is 36.1 Å². The Balaban J connectivity index is 1.75. The highest BCUT2D eigenvalue weighted by molar-refractivity contribution is 7.09. The normalized spacial score (nSPS) is 33.4. The predicted molar refractivity (Wildman–Crippen MR) is 81.5 cm³/mol. The molecule has 2 unspecified atom stereocenters. The van der Waals surface area contributed by atoms with Gasteiger partial charge in [-0.25, -0.2) is 0 Å². The number of thiophene rings is 1. The summed E-state index contributed by atoms with van der Waals surface area (Å²) in [5.41, 5.74) is -0.412. The first-order valence-electron chi connectivity index (χ1n) is 8.03. The largest absolute Gasteiger partial charge is 0.389 e. The summed E-state index contributed by atoms with van der Waals surface area (Å²) in [4.78, 5) is 1.37. The number of hydrogen-bond donors (Lipinski definition) is 1. The topological polar surface area (TPSA) is 20.2 Å². The summed E-state index contributed by atoms with van der Waals surface area (Å²) < 4.78 is 0. The lowest BCUT2D eigenvalue weighted by molar-refractivity contribution is -0.0761. The Morgan fingerprint density at radius 2 is 1.89 bits per heavy atom. The molecule has 19 heavy (non-hydrogen) atoms. The molecule has 0 saturated heterocycles. The van der Waals surface area contributed by atoms with Gasteiger partial charge in [-0.1, -0.05) is 51.0 Å². The average Bonchev–Trinajstić information content (AvgIpc) is 2.92. The fourth-order valence-electron chi connectivity index (χ4n) is 4.39. The lowest BCUT2D eigenvalue weighted by Gasteiger charge is -2.45. The molecule has 0 aromatic carbocycles. The summed E-state index contributed by atoms with van der Waals surface area (Å²) >= 11 is 1.80. The van der Waals surface area contributed by atoms with Crippen LogP contribution in [0.2, 0.25) is 0 Å². The highest BCUT2D eigenvalue weighted by atomic mass is 32.1. The van der Waals surface area contributed by atoms with Crippen molar-refractivity contribution in [1.82, 2.24) is 0 Å². The van der Waals surface area contributed by atoms with Gasteiger partial charge in [-0.15, -0.1) is 11.3 Å². The lowest BCUT2D eigenvalue weighted by Crippen LogP contribution is -2.46. The van der Waals surface area contributed by atoms with E-state index in [2.05, 4.69) is 17.5 Å². The van der Waals surface area contributed by atoms with Crippen LogP contribution in [0.15, 0.2) is 17.5 Å². The highest BCUT2D eigenvalue weighted by Crippen LogP contribution is 2.45. The fraction of sp³-hybridized carbons (Fsp3) is 0.765. The van der Waals surface area contributed by atoms with Crippen LogP contribution in [0.1, 0.15) is 62.7 Å². The minimum absolute atomic E-state index is 0.412. The maximum atomic E-state index is 11.3. The molecule has 2 aliphatic rings. The van der Waals surface area contributed by atoms with Gasteiger partial charge in [-0.3, -0.25) is 0 Å². The second-order valence-electron chi connectivity index (χ2n) is 6.61. The van der Waals surface area contributed by atoms with Gasteiger partial charge in [0.15, 0.2) is 0 Å². The minimum atomic E-state index is -0.412. The van der Waals surface area contributed by atoms with Gasteiger partial charge >= 0.3 is 0 Å². The molecular weight excluding hydrogens is 252 g/mol. The molecule has 0 radical (unpaired) electrons. The molecule has 0 bridgehead atoms. The first-order chi connectivity index (χ1) is 9.28. The smallest absolute Gasteiger partial charge is 0.0726 e. The Hall–Kier alpha value is -0.340. The van der Waals surface area contributed by atoms with E-state index in [4.69, 9.17) is 0 Å². The van der Waals surface area contributed by atoms with Crippen molar-refractivity contribution in [3.63, 3.8) is 0 Å². The van der Waals surface area contributed by atoms with E-state index in [1.807, 2.05) is 0 Å². The fourth-order valence-corrected chi connectivity index (χ4v) is 5.22. The van der Waals surface area contributed by atoms with E-state index in [-0.39, 0.29) is 0 Å². The molecule has 2 fully saturated rings. The van der Waals surface area contributed by atoms with Gasteiger partial charge in [0.2, 0.25) is 0 Å². The van der Waals surface area contributed by atoms with Gasteiger partial charge in [-0.2, -0.15) is 0 Å². The third kappa shape index (κ3) is 3.05. The van der Waals surface area contributed by atoms with Crippen LogP contribution < -0.4 is 0 Å². The first-order valence-corrected chi connectivity index (χ1v) is 8.91. The molecular formula is C17H26OS. The van der Waals surface area contributed by atoms with Crippen LogP contribution >= 0.6 is 11.3 Å². The van der Waals surface area contributed by atoms with Gasteiger partial charge in [0.25, 0.3) is 0 Å². The molecule has 1 nitrogen and oxygen atoms in total. The summed E-state index contributed by atoms with van der Waals surface area (Å²) in [5.74, 6) is 1.35. The van der Waals surface area contributed by atoms with Crippen molar-refractivity contribution < 1.29 is 5.11 Å². The molecule has 1 N–H and O–H groups in total. The monoisotopic (exact) mass is 278 g/mol. The van der Waals surface area contributed by atoms with Gasteiger partial charge in [0.1, 0.15) is 0 Å². The van der Waals surface area contributed by atoms with Crippen molar-refractivity contribution in [3.8, 4) is 0 Å². The quantitative estimate of drug-likeness (QED) is 0.842. The Morgan fingerprint density at radius 1 is 1.11 bits per heavy atom. The Labute approximate surface area is 121 Å². The van der Waals surface area contributed by atoms with Crippen molar-refractivity contribution >= 4 is 11.3 Å². The molecule has 2 heteroatoms. The Morgan fingerprint density at radius 3 is 2.63 bits per heavy atom. The molecule has 1 heterocycles. The van der Waals surface area contributed by atoms with Crippen LogP contribution in [0.4, 0.5) is 0 Å². The van der Waals surface area contributed by atoms with Crippen LogP contribution in [-0.2, 0) is 6.42 Å². The van der Waals surface area contributed by atoms with E-state index in [0.717, 1.165) is 18.8 Å². The molecule has 3 rings (SSSR count). The summed E-state index contributed by atoms with van der Waals surface area (Å²) in [7, 11) is 0. The van der Waals surface area contributed by atoms with Crippen molar-refractivity contribution in [2.24, 2.45) is 11.8 Å². The standard InChI is InChI=1S/C17H26OS/c18-17(13-15-9-6-12-19-15)11-5-4-10-16(17)14-7-2-1-3-8-14/h6,9,12,14,16,18H,1-5,7-8,10-11,13H2. The molecule has 0 spiro atoms. The number of aliphatic hydroxyl groups is 1. The van der Waals surface area contributed by atoms with Gasteiger partial charge in [0, 0.05) is 11.3 Å². The van der Waals surface area contributed by atoms with Gasteiger partial charge in [0.05, 0.1) is 5.60 Å². The van der Waals surface area contributed by atoms with E-state index in [1.54, 1.807) is 11.3 Å². The summed E-state index contributed by atoms with van der Waals surface area (Å²) in [6.45, 7) is 0. The zero-order chi connectivity index (χ0) is 13.1. The van der Waals surface area contributed by atoms with Crippen LogP contribution in [0, 0.1) is 11.8 Å². The molecule has 1 aromatic heterocycles. The second-order valence-corrected chi connectivity index (χ2v) is 7.64. The molecule has 2 aliphatic carbocycles. The third-order valence-electron chi connectivity index (χ3n) is 5.34. The van der Waals surface area contributed by atoms with E-state index in [0.29, 0.717) is 5.92 Å². The maximum Gasteiger partial charge on any atom is 0.0726 e. The van der Waals surface area contributed by atoms with E-state index in [1.165, 1.54) is 56.2 Å². The summed E-state index contributed by atoms with van der Waals surface area (Å²) in [6.07, 6.45) is 12.6.